The minimum absolute atomic E-state index is 0.0253. The third-order valence-corrected chi connectivity index (χ3v) is 2.76. The van der Waals surface area contributed by atoms with Crippen LogP contribution in [-0.4, -0.2) is 28.5 Å². The Bertz CT molecular complexity index is 413. The highest BCUT2D eigenvalue weighted by atomic mass is 16.5. The highest BCUT2D eigenvalue weighted by Crippen LogP contribution is 2.15. The predicted octanol–water partition coefficient (Wildman–Crippen LogP) is 0.750. The molecule has 1 atom stereocenters. The Kier molecular flexibility index (Phi) is 3.32. The molecular formula is C11H13N3O2. The number of nitriles is 1. The molecule has 1 saturated heterocycles. The SMILES string of the molecule is N#Cc1nccn1CC(=O)[C@H]1CCCOC1. The number of hydrogen-bond donors (Lipinski definition) is 0. The number of Topliss-reactive ketones (excluding diaryl/α,β-unsaturated/α-hetero) is 1. The standard InChI is InChI=1S/C11H13N3O2/c12-6-11-13-3-4-14(11)7-10(15)9-2-1-5-16-8-9/h3-4,9H,1-2,5,7-8H2/t9-/m0/s1. The lowest BCUT2D eigenvalue weighted by Crippen LogP contribution is -2.28. The Hall–Kier alpha value is -1.67. The van der Waals surface area contributed by atoms with Crippen molar-refractivity contribution in [3.8, 4) is 6.07 Å². The van der Waals surface area contributed by atoms with E-state index in [-0.39, 0.29) is 24.1 Å². The summed E-state index contributed by atoms with van der Waals surface area (Å²) in [7, 11) is 0. The Morgan fingerprint density at radius 2 is 2.62 bits per heavy atom. The molecule has 1 fully saturated rings. The van der Waals surface area contributed by atoms with Crippen LogP contribution in [0.15, 0.2) is 12.4 Å². The zero-order chi connectivity index (χ0) is 11.4. The third kappa shape index (κ3) is 2.28. The summed E-state index contributed by atoms with van der Waals surface area (Å²) in [5.41, 5.74) is 0. The first kappa shape index (κ1) is 10.8. The number of imidazole rings is 1. The van der Waals surface area contributed by atoms with E-state index < -0.39 is 0 Å². The van der Waals surface area contributed by atoms with Crippen LogP contribution in [0.3, 0.4) is 0 Å². The average Bonchev–Trinajstić information content (AvgIpc) is 2.77. The molecule has 5 nitrogen and oxygen atoms in total. The number of rotatable bonds is 3. The van der Waals surface area contributed by atoms with E-state index in [1.54, 1.807) is 10.8 Å². The van der Waals surface area contributed by atoms with Crippen molar-refractivity contribution in [2.45, 2.75) is 19.4 Å². The topological polar surface area (TPSA) is 67.9 Å². The summed E-state index contributed by atoms with van der Waals surface area (Å²) >= 11 is 0. The molecule has 1 aliphatic heterocycles. The summed E-state index contributed by atoms with van der Waals surface area (Å²) in [5, 5.41) is 8.76. The Labute approximate surface area is 93.7 Å². The van der Waals surface area contributed by atoms with Gasteiger partial charge >= 0.3 is 0 Å². The van der Waals surface area contributed by atoms with E-state index >= 15 is 0 Å². The number of carbonyl (C=O) groups excluding carboxylic acids is 1. The van der Waals surface area contributed by atoms with Crippen LogP contribution in [0.1, 0.15) is 18.7 Å². The smallest absolute Gasteiger partial charge is 0.213 e. The summed E-state index contributed by atoms with van der Waals surface area (Å²) in [5.74, 6) is 0.377. The maximum atomic E-state index is 11.9. The molecule has 84 valence electrons. The van der Waals surface area contributed by atoms with E-state index in [0.717, 1.165) is 19.4 Å². The van der Waals surface area contributed by atoms with Gasteiger partial charge in [-0.25, -0.2) is 4.98 Å². The molecule has 1 aromatic rings. The van der Waals surface area contributed by atoms with Crippen molar-refractivity contribution in [3.63, 3.8) is 0 Å². The fourth-order valence-corrected chi connectivity index (χ4v) is 1.84. The quantitative estimate of drug-likeness (QED) is 0.752. The fraction of sp³-hybridized carbons (Fsp3) is 0.545. The molecule has 16 heavy (non-hydrogen) atoms. The fourth-order valence-electron chi connectivity index (χ4n) is 1.84. The molecule has 2 heterocycles. The molecule has 2 rings (SSSR count). The van der Waals surface area contributed by atoms with Gasteiger partial charge in [0.25, 0.3) is 0 Å². The minimum atomic E-state index is -0.0253. The van der Waals surface area contributed by atoms with E-state index in [0.29, 0.717) is 6.61 Å². The van der Waals surface area contributed by atoms with Crippen LogP contribution in [0.5, 0.6) is 0 Å². The second-order valence-electron chi connectivity index (χ2n) is 3.87. The number of carbonyl (C=O) groups is 1. The highest BCUT2D eigenvalue weighted by Gasteiger charge is 2.22. The van der Waals surface area contributed by atoms with Crippen molar-refractivity contribution in [2.75, 3.05) is 13.2 Å². The summed E-state index contributed by atoms with van der Waals surface area (Å²) in [6.45, 7) is 1.48. The molecule has 0 N–H and O–H groups in total. The maximum Gasteiger partial charge on any atom is 0.213 e. The van der Waals surface area contributed by atoms with Gasteiger partial charge in [0.05, 0.1) is 13.2 Å². The third-order valence-electron chi connectivity index (χ3n) is 2.76. The Morgan fingerprint density at radius 1 is 1.75 bits per heavy atom. The maximum absolute atomic E-state index is 11.9. The zero-order valence-corrected chi connectivity index (χ0v) is 8.93. The van der Waals surface area contributed by atoms with Gasteiger partial charge in [0.2, 0.25) is 5.82 Å². The van der Waals surface area contributed by atoms with Gasteiger partial charge in [-0.3, -0.25) is 4.79 Å². The molecule has 5 heteroatoms. The highest BCUT2D eigenvalue weighted by molar-refractivity contribution is 5.81. The molecule has 0 unspecified atom stereocenters. The second kappa shape index (κ2) is 4.90. The normalized spacial score (nSPS) is 20.3. The Balaban J connectivity index is 1.99. The van der Waals surface area contributed by atoms with E-state index in [1.165, 1.54) is 6.20 Å². The van der Waals surface area contributed by atoms with Crippen LogP contribution in [0.2, 0.25) is 0 Å². The summed E-state index contributed by atoms with van der Waals surface area (Å²) in [6.07, 6.45) is 5.00. The first-order chi connectivity index (χ1) is 7.81. The van der Waals surface area contributed by atoms with Crippen LogP contribution in [-0.2, 0) is 16.1 Å². The largest absolute Gasteiger partial charge is 0.381 e. The van der Waals surface area contributed by atoms with Crippen molar-refractivity contribution in [1.82, 2.24) is 9.55 Å². The number of aromatic nitrogens is 2. The second-order valence-corrected chi connectivity index (χ2v) is 3.87. The van der Waals surface area contributed by atoms with Crippen LogP contribution in [0.25, 0.3) is 0 Å². The van der Waals surface area contributed by atoms with Crippen molar-refractivity contribution < 1.29 is 9.53 Å². The molecule has 0 amide bonds. The van der Waals surface area contributed by atoms with Gasteiger partial charge in [-0.2, -0.15) is 5.26 Å². The lowest BCUT2D eigenvalue weighted by Gasteiger charge is -2.20. The molecule has 0 aliphatic carbocycles. The van der Waals surface area contributed by atoms with Gasteiger partial charge in [0.15, 0.2) is 5.78 Å². The predicted molar refractivity (Wildman–Crippen MR) is 55.5 cm³/mol. The summed E-state index contributed by atoms with van der Waals surface area (Å²) in [6, 6.07) is 1.95. The monoisotopic (exact) mass is 219 g/mol. The summed E-state index contributed by atoms with van der Waals surface area (Å²) in [4.78, 5) is 15.7. The van der Waals surface area contributed by atoms with Crippen molar-refractivity contribution in [1.29, 1.82) is 5.26 Å². The average molecular weight is 219 g/mol. The minimum Gasteiger partial charge on any atom is -0.381 e. The number of ether oxygens (including phenoxy) is 1. The van der Waals surface area contributed by atoms with Crippen LogP contribution in [0, 0.1) is 17.2 Å². The number of hydrogen-bond acceptors (Lipinski definition) is 4. The molecule has 0 bridgehead atoms. The lowest BCUT2D eigenvalue weighted by atomic mass is 9.97. The van der Waals surface area contributed by atoms with Crippen LogP contribution < -0.4 is 0 Å². The van der Waals surface area contributed by atoms with Crippen LogP contribution in [0.4, 0.5) is 0 Å². The molecule has 1 aromatic heterocycles. The van der Waals surface area contributed by atoms with Gasteiger partial charge in [0, 0.05) is 24.9 Å². The van der Waals surface area contributed by atoms with Crippen LogP contribution >= 0.6 is 0 Å². The summed E-state index contributed by atoms with van der Waals surface area (Å²) < 4.78 is 6.85. The van der Waals surface area contributed by atoms with Gasteiger partial charge < -0.3 is 9.30 Å². The molecular weight excluding hydrogens is 206 g/mol. The van der Waals surface area contributed by atoms with E-state index in [4.69, 9.17) is 10.00 Å². The first-order valence-corrected chi connectivity index (χ1v) is 5.33. The van der Waals surface area contributed by atoms with Gasteiger partial charge in [-0.1, -0.05) is 0 Å². The van der Waals surface area contributed by atoms with Gasteiger partial charge in [0.1, 0.15) is 6.07 Å². The van der Waals surface area contributed by atoms with Crippen molar-refractivity contribution in [2.24, 2.45) is 5.92 Å². The molecule has 0 spiro atoms. The van der Waals surface area contributed by atoms with E-state index in [1.807, 2.05) is 6.07 Å². The number of ketones is 1. The molecule has 0 aromatic carbocycles. The van der Waals surface area contributed by atoms with Gasteiger partial charge in [-0.05, 0) is 12.8 Å². The van der Waals surface area contributed by atoms with Crippen molar-refractivity contribution in [3.05, 3.63) is 18.2 Å². The molecule has 0 saturated carbocycles. The van der Waals surface area contributed by atoms with E-state index in [2.05, 4.69) is 4.98 Å². The first-order valence-electron chi connectivity index (χ1n) is 5.33. The molecule has 1 aliphatic rings. The lowest BCUT2D eigenvalue weighted by molar-refractivity contribution is -0.127. The number of nitrogens with zero attached hydrogens (tertiary/aromatic N) is 3. The van der Waals surface area contributed by atoms with Gasteiger partial charge in [-0.15, -0.1) is 0 Å². The van der Waals surface area contributed by atoms with E-state index in [9.17, 15) is 4.79 Å². The van der Waals surface area contributed by atoms with Crippen molar-refractivity contribution >= 4 is 5.78 Å². The zero-order valence-electron chi connectivity index (χ0n) is 8.93. The molecule has 0 radical (unpaired) electrons. The Morgan fingerprint density at radius 3 is 3.31 bits per heavy atom.